The summed E-state index contributed by atoms with van der Waals surface area (Å²) >= 11 is 0. The fourth-order valence-electron chi connectivity index (χ4n) is 3.18. The van der Waals surface area contributed by atoms with Gasteiger partial charge in [-0.1, -0.05) is 30.3 Å². The minimum absolute atomic E-state index is 0.187. The summed E-state index contributed by atoms with van der Waals surface area (Å²) in [7, 11) is 0. The molecule has 0 aliphatic heterocycles. The van der Waals surface area contributed by atoms with Crippen LogP contribution in [0.1, 0.15) is 5.76 Å². The van der Waals surface area contributed by atoms with Gasteiger partial charge in [-0.2, -0.15) is 5.10 Å². The van der Waals surface area contributed by atoms with Gasteiger partial charge in [0.15, 0.2) is 5.65 Å². The van der Waals surface area contributed by atoms with Crippen molar-refractivity contribution in [2.75, 3.05) is 0 Å². The lowest BCUT2D eigenvalue weighted by Crippen LogP contribution is -2.32. The van der Waals surface area contributed by atoms with Gasteiger partial charge < -0.3 is 9.73 Å². The molecule has 5 rings (SSSR count). The monoisotopic (exact) mass is 388 g/mol. The molecule has 0 fully saturated rings. The number of hydrogen-bond acceptors (Lipinski definition) is 5. The van der Waals surface area contributed by atoms with Crippen LogP contribution in [0.15, 0.2) is 76.4 Å². The van der Waals surface area contributed by atoms with E-state index in [0.717, 1.165) is 15.9 Å². The first kappa shape index (κ1) is 17.0. The Labute approximate surface area is 163 Å². The predicted octanol–water partition coefficient (Wildman–Crippen LogP) is 1.72. The van der Waals surface area contributed by atoms with Crippen LogP contribution in [0.3, 0.4) is 0 Å². The first-order valence-electron chi connectivity index (χ1n) is 9.01. The van der Waals surface area contributed by atoms with Crippen LogP contribution in [0.5, 0.6) is 0 Å². The molecular weight excluding hydrogens is 372 g/mol. The van der Waals surface area contributed by atoms with Gasteiger partial charge in [-0.05, 0) is 18.2 Å². The molecular formula is C20H16N6O3. The number of aromatic nitrogens is 5. The summed E-state index contributed by atoms with van der Waals surface area (Å²) in [5.41, 5.74) is 2.47. The summed E-state index contributed by atoms with van der Waals surface area (Å²) in [6.45, 7) is 0.0638. The van der Waals surface area contributed by atoms with Crippen molar-refractivity contribution in [3.63, 3.8) is 0 Å². The molecule has 1 N–H and O–H groups in total. The molecule has 1 amide bonds. The molecule has 9 heteroatoms. The van der Waals surface area contributed by atoms with E-state index in [1.165, 1.54) is 10.7 Å². The van der Waals surface area contributed by atoms with Gasteiger partial charge in [0.25, 0.3) is 0 Å². The van der Waals surface area contributed by atoms with Crippen molar-refractivity contribution in [3.05, 3.63) is 83.4 Å². The van der Waals surface area contributed by atoms with E-state index in [4.69, 9.17) is 4.42 Å². The Kier molecular flexibility index (Phi) is 3.98. The highest BCUT2D eigenvalue weighted by atomic mass is 16.3. The van der Waals surface area contributed by atoms with Gasteiger partial charge in [0, 0.05) is 18.0 Å². The number of nitrogens with zero attached hydrogens (tertiary/aromatic N) is 5. The first-order chi connectivity index (χ1) is 14.2. The van der Waals surface area contributed by atoms with Crippen molar-refractivity contribution >= 4 is 17.1 Å². The number of benzene rings is 1. The van der Waals surface area contributed by atoms with Crippen molar-refractivity contribution < 1.29 is 9.21 Å². The lowest BCUT2D eigenvalue weighted by molar-refractivity contribution is -0.122. The lowest BCUT2D eigenvalue weighted by Gasteiger charge is -2.02. The van der Waals surface area contributed by atoms with Crippen LogP contribution in [-0.2, 0) is 17.9 Å². The van der Waals surface area contributed by atoms with Gasteiger partial charge in [-0.25, -0.2) is 18.4 Å². The lowest BCUT2D eigenvalue weighted by atomic mass is 10.1. The Morgan fingerprint density at radius 1 is 1.07 bits per heavy atom. The Morgan fingerprint density at radius 2 is 1.93 bits per heavy atom. The number of carbonyl (C=O) groups is 1. The summed E-state index contributed by atoms with van der Waals surface area (Å²) in [5.74, 6) is 0.302. The second-order valence-corrected chi connectivity index (χ2v) is 6.51. The van der Waals surface area contributed by atoms with Crippen LogP contribution in [0.25, 0.3) is 22.4 Å². The average molecular weight is 388 g/mol. The number of carbonyl (C=O) groups excluding carboxylic acids is 1. The number of fused-ring (bicyclic) bond motifs is 3. The second kappa shape index (κ2) is 6.79. The minimum Gasteiger partial charge on any atom is -0.467 e. The number of amides is 1. The van der Waals surface area contributed by atoms with Gasteiger partial charge >= 0.3 is 5.69 Å². The predicted molar refractivity (Wildman–Crippen MR) is 104 cm³/mol. The number of hydrogen-bond donors (Lipinski definition) is 1. The van der Waals surface area contributed by atoms with E-state index in [9.17, 15) is 9.59 Å². The third kappa shape index (κ3) is 3.08. The van der Waals surface area contributed by atoms with E-state index in [-0.39, 0.29) is 19.0 Å². The number of rotatable bonds is 5. The highest BCUT2D eigenvalue weighted by Crippen LogP contribution is 2.20. The molecule has 0 aliphatic carbocycles. The zero-order valence-corrected chi connectivity index (χ0v) is 15.2. The summed E-state index contributed by atoms with van der Waals surface area (Å²) in [5, 5.41) is 11.6. The zero-order valence-electron chi connectivity index (χ0n) is 15.2. The maximum Gasteiger partial charge on any atom is 0.350 e. The molecule has 0 saturated heterocycles. The molecule has 144 valence electrons. The van der Waals surface area contributed by atoms with Crippen LogP contribution in [0.2, 0.25) is 0 Å². The smallest absolute Gasteiger partial charge is 0.350 e. The molecule has 0 spiro atoms. The first-order valence-corrected chi connectivity index (χ1v) is 9.01. The quantitative estimate of drug-likeness (QED) is 0.494. The molecule has 0 bridgehead atoms. The summed E-state index contributed by atoms with van der Waals surface area (Å²) < 4.78 is 9.40. The standard InChI is InChI=1S/C20H16N6O3/c27-18(21-12-15-7-4-10-29-15)13-26-20(28)24-8-9-25-17(19(24)23-26)11-16(22-25)14-5-2-1-3-6-14/h1-11H,12-13H2,(H,21,27). The minimum atomic E-state index is -0.391. The van der Waals surface area contributed by atoms with Crippen molar-refractivity contribution in [1.29, 1.82) is 0 Å². The molecule has 5 aromatic rings. The maximum atomic E-state index is 12.7. The number of nitrogens with one attached hydrogen (secondary N) is 1. The van der Waals surface area contributed by atoms with Crippen LogP contribution < -0.4 is 11.0 Å². The molecule has 4 aromatic heterocycles. The zero-order chi connectivity index (χ0) is 19.8. The van der Waals surface area contributed by atoms with Crippen LogP contribution in [-0.4, -0.2) is 29.7 Å². The SMILES string of the molecule is O=C(Cn1nc2c3cc(-c4ccccc4)nn3ccn2c1=O)NCc1ccco1. The highest BCUT2D eigenvalue weighted by Gasteiger charge is 2.15. The third-order valence-electron chi connectivity index (χ3n) is 4.60. The van der Waals surface area contributed by atoms with E-state index in [1.54, 1.807) is 29.0 Å². The van der Waals surface area contributed by atoms with Crippen molar-refractivity contribution in [3.8, 4) is 11.3 Å². The average Bonchev–Trinajstić information content (AvgIpc) is 3.47. The fraction of sp³-hybridized carbons (Fsp3) is 0.100. The van der Waals surface area contributed by atoms with Crippen LogP contribution in [0.4, 0.5) is 0 Å². The molecule has 9 nitrogen and oxygen atoms in total. The third-order valence-corrected chi connectivity index (χ3v) is 4.60. The fourth-order valence-corrected chi connectivity index (χ4v) is 3.18. The molecule has 0 radical (unpaired) electrons. The molecule has 29 heavy (non-hydrogen) atoms. The summed E-state index contributed by atoms with van der Waals surface area (Å²) in [6, 6.07) is 15.1. The topological polar surface area (TPSA) is 98.8 Å². The summed E-state index contributed by atoms with van der Waals surface area (Å²) in [6.07, 6.45) is 4.82. The molecule has 1 aromatic carbocycles. The van der Waals surface area contributed by atoms with Crippen molar-refractivity contribution in [1.82, 2.24) is 29.1 Å². The molecule has 4 heterocycles. The van der Waals surface area contributed by atoms with Gasteiger partial charge in [0.2, 0.25) is 5.91 Å². The highest BCUT2D eigenvalue weighted by molar-refractivity contribution is 5.77. The van der Waals surface area contributed by atoms with E-state index in [1.807, 2.05) is 36.4 Å². The van der Waals surface area contributed by atoms with E-state index < -0.39 is 5.69 Å². The Morgan fingerprint density at radius 3 is 2.72 bits per heavy atom. The Balaban J connectivity index is 1.47. The van der Waals surface area contributed by atoms with Gasteiger partial charge in [-0.15, -0.1) is 5.10 Å². The van der Waals surface area contributed by atoms with Gasteiger partial charge in [0.1, 0.15) is 17.8 Å². The van der Waals surface area contributed by atoms with Gasteiger partial charge in [0.05, 0.1) is 18.5 Å². The van der Waals surface area contributed by atoms with Crippen LogP contribution >= 0.6 is 0 Å². The van der Waals surface area contributed by atoms with E-state index >= 15 is 0 Å². The molecule has 0 saturated carbocycles. The number of furan rings is 1. The second-order valence-electron chi connectivity index (χ2n) is 6.51. The van der Waals surface area contributed by atoms with Crippen LogP contribution in [0, 0.1) is 0 Å². The van der Waals surface area contributed by atoms with E-state index in [2.05, 4.69) is 15.5 Å². The largest absolute Gasteiger partial charge is 0.467 e. The van der Waals surface area contributed by atoms with Gasteiger partial charge in [-0.3, -0.25) is 4.79 Å². The Hall–Kier alpha value is -4.14. The Bertz CT molecular complexity index is 1360. The van der Waals surface area contributed by atoms with Crippen molar-refractivity contribution in [2.45, 2.75) is 13.1 Å². The maximum absolute atomic E-state index is 12.7. The normalized spacial score (nSPS) is 11.3. The molecule has 0 atom stereocenters. The molecule has 0 unspecified atom stereocenters. The van der Waals surface area contributed by atoms with E-state index in [0.29, 0.717) is 16.9 Å². The summed E-state index contributed by atoms with van der Waals surface area (Å²) in [4.78, 5) is 24.9. The molecule has 0 aliphatic rings. The van der Waals surface area contributed by atoms with Crippen molar-refractivity contribution in [2.24, 2.45) is 0 Å².